The number of ether oxygens (including phenoxy) is 1. The molecule has 0 aliphatic carbocycles. The van der Waals surface area contributed by atoms with Gasteiger partial charge in [-0.15, -0.1) is 0 Å². The number of rotatable bonds is 6. The molecule has 0 fully saturated rings. The Morgan fingerprint density at radius 2 is 1.81 bits per heavy atom. The summed E-state index contributed by atoms with van der Waals surface area (Å²) in [5, 5.41) is 0. The quantitative estimate of drug-likeness (QED) is 0.695. The van der Waals surface area contributed by atoms with Crippen LogP contribution in [0, 0.1) is 5.92 Å². The minimum absolute atomic E-state index is 0.0656. The van der Waals surface area contributed by atoms with Gasteiger partial charge < -0.3 is 4.74 Å². The summed E-state index contributed by atoms with van der Waals surface area (Å²) >= 11 is 0. The highest BCUT2D eigenvalue weighted by molar-refractivity contribution is 5.89. The Morgan fingerprint density at radius 1 is 1.24 bits per heavy atom. The second-order valence-electron chi connectivity index (χ2n) is 5.26. The molecule has 2 unspecified atom stereocenters. The third-order valence-electron chi connectivity index (χ3n) is 3.83. The highest BCUT2D eigenvalue weighted by Gasteiger charge is 2.30. The molecule has 5 heteroatoms. The first-order valence-electron chi connectivity index (χ1n) is 7.03. The smallest absolute Gasteiger partial charge is 0.389 e. The fourth-order valence-electron chi connectivity index (χ4n) is 2.37. The van der Waals surface area contributed by atoms with Gasteiger partial charge in [0.15, 0.2) is 0 Å². The van der Waals surface area contributed by atoms with Crippen molar-refractivity contribution < 1.29 is 22.7 Å². The van der Waals surface area contributed by atoms with Crippen LogP contribution in [-0.4, -0.2) is 19.3 Å². The Labute approximate surface area is 123 Å². The number of carbonyl (C=O) groups is 1. The molecule has 0 N–H and O–H groups in total. The maximum absolute atomic E-state index is 12.5. The van der Waals surface area contributed by atoms with Gasteiger partial charge >= 0.3 is 12.1 Å². The van der Waals surface area contributed by atoms with Crippen LogP contribution in [-0.2, 0) is 4.74 Å². The molecule has 118 valence electrons. The predicted molar refractivity (Wildman–Crippen MR) is 75.3 cm³/mol. The van der Waals surface area contributed by atoms with Crippen molar-refractivity contribution in [3.63, 3.8) is 0 Å². The molecule has 0 radical (unpaired) electrons. The summed E-state index contributed by atoms with van der Waals surface area (Å²) < 4.78 is 42.0. The van der Waals surface area contributed by atoms with Gasteiger partial charge in [-0.1, -0.05) is 32.4 Å². The van der Waals surface area contributed by atoms with E-state index < -0.39 is 18.6 Å². The van der Waals surface area contributed by atoms with Gasteiger partial charge in [-0.25, -0.2) is 4.79 Å². The average Bonchev–Trinajstić information content (AvgIpc) is 2.45. The van der Waals surface area contributed by atoms with E-state index in [4.69, 9.17) is 0 Å². The predicted octanol–water partition coefficient (Wildman–Crippen LogP) is 4.95. The summed E-state index contributed by atoms with van der Waals surface area (Å²) in [4.78, 5) is 11.4. The zero-order valence-electron chi connectivity index (χ0n) is 12.5. The lowest BCUT2D eigenvalue weighted by Crippen LogP contribution is -2.15. The molecule has 1 aromatic carbocycles. The van der Waals surface area contributed by atoms with Crippen molar-refractivity contribution in [2.75, 3.05) is 7.11 Å². The summed E-state index contributed by atoms with van der Waals surface area (Å²) in [7, 11) is 1.29. The number of methoxy groups -OCH3 is 1. The lowest BCUT2D eigenvalue weighted by atomic mass is 9.82. The van der Waals surface area contributed by atoms with Crippen molar-refractivity contribution in [1.29, 1.82) is 0 Å². The average molecular weight is 302 g/mol. The van der Waals surface area contributed by atoms with Crippen LogP contribution >= 0.6 is 0 Å². The Bertz CT molecular complexity index is 452. The van der Waals surface area contributed by atoms with E-state index in [-0.39, 0.29) is 18.3 Å². The Balaban J connectivity index is 2.90. The zero-order valence-corrected chi connectivity index (χ0v) is 12.5. The molecule has 0 aliphatic heterocycles. The van der Waals surface area contributed by atoms with Gasteiger partial charge in [-0.3, -0.25) is 0 Å². The van der Waals surface area contributed by atoms with Crippen LogP contribution in [0.3, 0.4) is 0 Å². The van der Waals surface area contributed by atoms with Crippen LogP contribution in [0.15, 0.2) is 24.3 Å². The molecule has 1 aromatic rings. The first-order valence-corrected chi connectivity index (χ1v) is 7.03. The van der Waals surface area contributed by atoms with Crippen LogP contribution in [0.5, 0.6) is 0 Å². The summed E-state index contributed by atoms with van der Waals surface area (Å²) in [6, 6.07) is 6.65. The molecule has 0 spiro atoms. The third-order valence-corrected chi connectivity index (χ3v) is 3.83. The lowest BCUT2D eigenvalue weighted by Gasteiger charge is -2.24. The van der Waals surface area contributed by atoms with Crippen molar-refractivity contribution >= 4 is 5.97 Å². The van der Waals surface area contributed by atoms with Gasteiger partial charge in [-0.05, 0) is 36.0 Å². The molecule has 0 aromatic heterocycles. The SMILES string of the molecule is CCC(C)C(CCC(F)(F)F)c1ccc(C(=O)OC)cc1. The molecule has 2 atom stereocenters. The van der Waals surface area contributed by atoms with E-state index in [0.29, 0.717) is 5.56 Å². The summed E-state index contributed by atoms with van der Waals surface area (Å²) in [5.74, 6) is -0.461. The lowest BCUT2D eigenvalue weighted by molar-refractivity contribution is -0.136. The second-order valence-corrected chi connectivity index (χ2v) is 5.26. The van der Waals surface area contributed by atoms with Gasteiger partial charge in [0, 0.05) is 6.42 Å². The number of hydrogen-bond donors (Lipinski definition) is 0. The van der Waals surface area contributed by atoms with E-state index in [9.17, 15) is 18.0 Å². The molecule has 0 heterocycles. The van der Waals surface area contributed by atoms with Crippen molar-refractivity contribution in [3.05, 3.63) is 35.4 Å². The van der Waals surface area contributed by atoms with Gasteiger partial charge in [-0.2, -0.15) is 13.2 Å². The summed E-state index contributed by atoms with van der Waals surface area (Å²) in [5.41, 5.74) is 1.24. The molecular formula is C16H21F3O2. The van der Waals surface area contributed by atoms with Crippen LogP contribution in [0.4, 0.5) is 13.2 Å². The fourth-order valence-corrected chi connectivity index (χ4v) is 2.37. The highest BCUT2D eigenvalue weighted by atomic mass is 19.4. The largest absolute Gasteiger partial charge is 0.465 e. The van der Waals surface area contributed by atoms with E-state index in [1.54, 1.807) is 24.3 Å². The monoisotopic (exact) mass is 302 g/mol. The molecule has 0 bridgehead atoms. The topological polar surface area (TPSA) is 26.3 Å². The second kappa shape index (κ2) is 7.48. The van der Waals surface area contributed by atoms with Crippen LogP contribution in [0.2, 0.25) is 0 Å². The van der Waals surface area contributed by atoms with E-state index in [2.05, 4.69) is 4.74 Å². The number of hydrogen-bond acceptors (Lipinski definition) is 2. The number of benzene rings is 1. The molecule has 0 saturated carbocycles. The number of esters is 1. The Morgan fingerprint density at radius 3 is 2.24 bits per heavy atom. The van der Waals surface area contributed by atoms with E-state index in [1.807, 2.05) is 13.8 Å². The van der Waals surface area contributed by atoms with Gasteiger partial charge in [0.2, 0.25) is 0 Å². The molecule has 2 nitrogen and oxygen atoms in total. The number of carbonyl (C=O) groups excluding carboxylic acids is 1. The molecule has 0 aliphatic rings. The van der Waals surface area contributed by atoms with E-state index in [1.165, 1.54) is 7.11 Å². The minimum Gasteiger partial charge on any atom is -0.465 e. The van der Waals surface area contributed by atoms with Crippen LogP contribution in [0.1, 0.15) is 54.9 Å². The van der Waals surface area contributed by atoms with Gasteiger partial charge in [0.1, 0.15) is 0 Å². The van der Waals surface area contributed by atoms with Crippen molar-refractivity contribution in [2.24, 2.45) is 5.92 Å². The Hall–Kier alpha value is -1.52. The molecule has 0 saturated heterocycles. The molecule has 1 rings (SSSR count). The van der Waals surface area contributed by atoms with Crippen molar-refractivity contribution in [2.45, 2.75) is 45.2 Å². The maximum Gasteiger partial charge on any atom is 0.389 e. The standard InChI is InChI=1S/C16H21F3O2/c1-4-11(2)14(9-10-16(17,18)19)12-5-7-13(8-6-12)15(20)21-3/h5-8,11,14H,4,9-10H2,1-3H3. The summed E-state index contributed by atoms with van der Waals surface area (Å²) in [6.45, 7) is 3.92. The van der Waals surface area contributed by atoms with Gasteiger partial charge in [0.25, 0.3) is 0 Å². The normalized spacial score (nSPS) is 14.6. The molecular weight excluding hydrogens is 281 g/mol. The molecule has 0 amide bonds. The van der Waals surface area contributed by atoms with E-state index >= 15 is 0 Å². The van der Waals surface area contributed by atoms with Crippen LogP contribution in [0.25, 0.3) is 0 Å². The highest BCUT2D eigenvalue weighted by Crippen LogP contribution is 2.35. The van der Waals surface area contributed by atoms with Gasteiger partial charge in [0.05, 0.1) is 12.7 Å². The first-order chi connectivity index (χ1) is 9.78. The maximum atomic E-state index is 12.5. The molecule has 21 heavy (non-hydrogen) atoms. The fraction of sp³-hybridized carbons (Fsp3) is 0.562. The zero-order chi connectivity index (χ0) is 16.0. The van der Waals surface area contributed by atoms with E-state index in [0.717, 1.165) is 12.0 Å². The number of alkyl halides is 3. The third kappa shape index (κ3) is 5.40. The first kappa shape index (κ1) is 17.5. The van der Waals surface area contributed by atoms with Crippen molar-refractivity contribution in [3.8, 4) is 0 Å². The minimum atomic E-state index is -4.14. The van der Waals surface area contributed by atoms with Crippen LogP contribution < -0.4 is 0 Å². The Kier molecular flexibility index (Phi) is 6.24. The summed E-state index contributed by atoms with van der Waals surface area (Å²) in [6.07, 6.45) is -4.06. The van der Waals surface area contributed by atoms with Crippen molar-refractivity contribution in [1.82, 2.24) is 0 Å². The number of halogens is 3.